The van der Waals surface area contributed by atoms with Crippen LogP contribution in [0.15, 0.2) is 42.5 Å². The predicted molar refractivity (Wildman–Crippen MR) is 103 cm³/mol. The van der Waals surface area contributed by atoms with Gasteiger partial charge in [0.05, 0.1) is 18.2 Å². The second kappa shape index (κ2) is 9.12. The summed E-state index contributed by atoms with van der Waals surface area (Å²) in [5, 5.41) is 3.73. The van der Waals surface area contributed by atoms with Crippen LogP contribution in [0.2, 0.25) is 10.0 Å². The maximum absolute atomic E-state index is 12.0. The molecule has 1 aliphatic rings. The second-order valence-corrected chi connectivity index (χ2v) is 6.75. The van der Waals surface area contributed by atoms with Gasteiger partial charge in [-0.15, -0.1) is 0 Å². The Balaban J connectivity index is 1.45. The van der Waals surface area contributed by atoms with Gasteiger partial charge >= 0.3 is 0 Å². The molecule has 0 radical (unpaired) electrons. The molecule has 7 heteroatoms. The lowest BCUT2D eigenvalue weighted by molar-refractivity contribution is -0.123. The van der Waals surface area contributed by atoms with Gasteiger partial charge in [0.15, 0.2) is 6.61 Å². The van der Waals surface area contributed by atoms with Gasteiger partial charge in [-0.2, -0.15) is 0 Å². The van der Waals surface area contributed by atoms with Crippen LogP contribution < -0.4 is 15.0 Å². The van der Waals surface area contributed by atoms with Crippen molar-refractivity contribution in [1.29, 1.82) is 0 Å². The third-order valence-corrected chi connectivity index (χ3v) is 4.59. The predicted octanol–water partition coefficient (Wildman–Crippen LogP) is 3.53. The van der Waals surface area contributed by atoms with E-state index in [0.29, 0.717) is 22.3 Å². The summed E-state index contributed by atoms with van der Waals surface area (Å²) in [5.74, 6) is 0.217. The average Bonchev–Trinajstić information content (AvgIpc) is 2.67. The highest BCUT2D eigenvalue weighted by Gasteiger charge is 2.11. The van der Waals surface area contributed by atoms with E-state index in [-0.39, 0.29) is 12.5 Å². The van der Waals surface area contributed by atoms with Crippen LogP contribution in [0.4, 0.5) is 5.69 Å². The molecular weight excluding hydrogens is 375 g/mol. The Labute approximate surface area is 162 Å². The number of hydrogen-bond acceptors (Lipinski definition) is 4. The molecule has 3 rings (SSSR count). The van der Waals surface area contributed by atoms with Gasteiger partial charge in [0.25, 0.3) is 5.91 Å². The number of morpholine rings is 1. The van der Waals surface area contributed by atoms with Gasteiger partial charge in [0.2, 0.25) is 0 Å². The number of amides is 1. The van der Waals surface area contributed by atoms with Crippen LogP contribution in [-0.4, -0.2) is 38.8 Å². The van der Waals surface area contributed by atoms with Crippen molar-refractivity contribution >= 4 is 34.8 Å². The molecule has 1 aliphatic heterocycles. The number of nitrogens with one attached hydrogen (secondary N) is 1. The van der Waals surface area contributed by atoms with Crippen molar-refractivity contribution in [2.75, 3.05) is 37.8 Å². The molecule has 1 amide bonds. The van der Waals surface area contributed by atoms with Crippen LogP contribution in [0.5, 0.6) is 5.75 Å². The second-order valence-electron chi connectivity index (χ2n) is 5.91. The Morgan fingerprint density at radius 1 is 1.12 bits per heavy atom. The fraction of sp³-hybridized carbons (Fsp3) is 0.316. The van der Waals surface area contributed by atoms with Crippen molar-refractivity contribution in [3.63, 3.8) is 0 Å². The highest BCUT2D eigenvalue weighted by atomic mass is 35.5. The molecule has 138 valence electrons. The van der Waals surface area contributed by atoms with Crippen molar-refractivity contribution in [2.24, 2.45) is 0 Å². The number of ether oxygens (including phenoxy) is 2. The highest BCUT2D eigenvalue weighted by molar-refractivity contribution is 6.35. The third-order valence-electron chi connectivity index (χ3n) is 4.05. The summed E-state index contributed by atoms with van der Waals surface area (Å²) in [6.07, 6.45) is 0. The summed E-state index contributed by atoms with van der Waals surface area (Å²) in [4.78, 5) is 14.2. The molecule has 0 unspecified atom stereocenters. The first-order valence-electron chi connectivity index (χ1n) is 8.38. The fourth-order valence-electron chi connectivity index (χ4n) is 2.63. The zero-order chi connectivity index (χ0) is 18.4. The van der Waals surface area contributed by atoms with Crippen molar-refractivity contribution in [1.82, 2.24) is 5.32 Å². The standard InChI is InChI=1S/C19H20Cl2N2O3/c20-15-3-6-18(17(21)11-15)26-13-19(24)22-12-14-1-4-16(5-2-14)23-7-9-25-10-8-23/h1-6,11H,7-10,12-13H2,(H,22,24). The molecule has 26 heavy (non-hydrogen) atoms. The first kappa shape index (κ1) is 18.8. The summed E-state index contributed by atoms with van der Waals surface area (Å²) in [6, 6.07) is 13.0. The minimum Gasteiger partial charge on any atom is -0.482 e. The lowest BCUT2D eigenvalue weighted by Gasteiger charge is -2.28. The monoisotopic (exact) mass is 394 g/mol. The number of halogens is 2. The van der Waals surface area contributed by atoms with Crippen molar-refractivity contribution in [2.45, 2.75) is 6.54 Å². The van der Waals surface area contributed by atoms with E-state index in [4.69, 9.17) is 32.7 Å². The lowest BCUT2D eigenvalue weighted by atomic mass is 10.2. The molecular formula is C19H20Cl2N2O3. The maximum Gasteiger partial charge on any atom is 0.258 e. The van der Waals surface area contributed by atoms with E-state index in [9.17, 15) is 4.79 Å². The Morgan fingerprint density at radius 3 is 2.54 bits per heavy atom. The molecule has 1 heterocycles. The Kier molecular flexibility index (Phi) is 6.61. The van der Waals surface area contributed by atoms with E-state index in [0.717, 1.165) is 31.9 Å². The van der Waals surface area contributed by atoms with Gasteiger partial charge in [-0.3, -0.25) is 4.79 Å². The van der Waals surface area contributed by atoms with Gasteiger partial charge in [-0.1, -0.05) is 35.3 Å². The molecule has 2 aromatic carbocycles. The summed E-state index contributed by atoms with van der Waals surface area (Å²) in [6.45, 7) is 3.67. The smallest absolute Gasteiger partial charge is 0.258 e. The molecule has 0 bridgehead atoms. The lowest BCUT2D eigenvalue weighted by Crippen LogP contribution is -2.36. The van der Waals surface area contributed by atoms with Gasteiger partial charge in [0, 0.05) is 30.3 Å². The Bertz CT molecular complexity index is 747. The molecule has 0 atom stereocenters. The van der Waals surface area contributed by atoms with Crippen molar-refractivity contribution in [3.8, 4) is 5.75 Å². The molecule has 0 saturated carbocycles. The molecule has 2 aromatic rings. The minimum atomic E-state index is -0.215. The van der Waals surface area contributed by atoms with E-state index >= 15 is 0 Å². The SMILES string of the molecule is O=C(COc1ccc(Cl)cc1Cl)NCc1ccc(N2CCOCC2)cc1. The topological polar surface area (TPSA) is 50.8 Å². The van der Waals surface area contributed by atoms with Gasteiger partial charge in [0.1, 0.15) is 5.75 Å². The van der Waals surface area contributed by atoms with Crippen LogP contribution in [0.3, 0.4) is 0 Å². The van der Waals surface area contributed by atoms with Crippen LogP contribution in [0, 0.1) is 0 Å². The van der Waals surface area contributed by atoms with Gasteiger partial charge < -0.3 is 19.7 Å². The molecule has 0 spiro atoms. The van der Waals surface area contributed by atoms with E-state index in [1.807, 2.05) is 12.1 Å². The number of benzene rings is 2. The van der Waals surface area contributed by atoms with Gasteiger partial charge in [-0.25, -0.2) is 0 Å². The quantitative estimate of drug-likeness (QED) is 0.813. The van der Waals surface area contributed by atoms with Crippen LogP contribution in [0.1, 0.15) is 5.56 Å². The zero-order valence-electron chi connectivity index (χ0n) is 14.2. The van der Waals surface area contributed by atoms with E-state index in [1.165, 1.54) is 5.69 Å². The summed E-state index contributed by atoms with van der Waals surface area (Å²) < 4.78 is 10.8. The molecule has 1 fully saturated rings. The van der Waals surface area contributed by atoms with E-state index in [1.54, 1.807) is 18.2 Å². The van der Waals surface area contributed by atoms with Crippen molar-refractivity contribution < 1.29 is 14.3 Å². The Morgan fingerprint density at radius 2 is 1.85 bits per heavy atom. The summed E-state index contributed by atoms with van der Waals surface area (Å²) >= 11 is 11.8. The van der Waals surface area contributed by atoms with E-state index < -0.39 is 0 Å². The first-order valence-corrected chi connectivity index (χ1v) is 9.13. The fourth-order valence-corrected chi connectivity index (χ4v) is 3.10. The van der Waals surface area contributed by atoms with Crippen molar-refractivity contribution in [3.05, 3.63) is 58.1 Å². The molecule has 0 aliphatic carbocycles. The van der Waals surface area contributed by atoms with E-state index in [2.05, 4.69) is 22.3 Å². The minimum absolute atomic E-state index is 0.104. The average molecular weight is 395 g/mol. The number of nitrogens with zero attached hydrogens (tertiary/aromatic N) is 1. The number of carbonyl (C=O) groups excluding carboxylic acids is 1. The number of carbonyl (C=O) groups is 1. The first-order chi connectivity index (χ1) is 12.6. The summed E-state index contributed by atoms with van der Waals surface area (Å²) in [7, 11) is 0. The zero-order valence-corrected chi connectivity index (χ0v) is 15.7. The maximum atomic E-state index is 12.0. The molecule has 5 nitrogen and oxygen atoms in total. The molecule has 1 saturated heterocycles. The van der Waals surface area contributed by atoms with Crippen LogP contribution >= 0.6 is 23.2 Å². The normalized spacial score (nSPS) is 14.2. The van der Waals surface area contributed by atoms with Gasteiger partial charge in [-0.05, 0) is 35.9 Å². The number of hydrogen-bond donors (Lipinski definition) is 1. The molecule has 0 aromatic heterocycles. The van der Waals surface area contributed by atoms with Crippen LogP contribution in [0.25, 0.3) is 0 Å². The largest absolute Gasteiger partial charge is 0.482 e. The Hall–Kier alpha value is -1.95. The molecule has 1 N–H and O–H groups in total. The van der Waals surface area contributed by atoms with Crippen LogP contribution in [-0.2, 0) is 16.1 Å². The highest BCUT2D eigenvalue weighted by Crippen LogP contribution is 2.27. The third kappa shape index (κ3) is 5.27. The number of rotatable bonds is 6. The number of anilines is 1. The summed E-state index contributed by atoms with van der Waals surface area (Å²) in [5.41, 5.74) is 2.20.